The molecule has 1 atom stereocenters. The predicted molar refractivity (Wildman–Crippen MR) is 90.2 cm³/mol. The van der Waals surface area contributed by atoms with Gasteiger partial charge >= 0.3 is 0 Å². The highest BCUT2D eigenvalue weighted by Gasteiger charge is 2.17. The molecule has 1 radical (unpaired) electrons. The molecule has 1 aliphatic rings. The van der Waals surface area contributed by atoms with E-state index in [0.29, 0.717) is 6.61 Å². The first-order valence-corrected chi connectivity index (χ1v) is 9.64. The first-order valence-electron chi connectivity index (χ1n) is 7.73. The topological polar surface area (TPSA) is 18.5 Å². The summed E-state index contributed by atoms with van der Waals surface area (Å²) >= 11 is 0. The summed E-state index contributed by atoms with van der Waals surface area (Å²) in [5, 5.41) is 1.44. The van der Waals surface area contributed by atoms with Crippen LogP contribution in [0.1, 0.15) is 24.8 Å². The Morgan fingerprint density at radius 1 is 1.19 bits per heavy atom. The summed E-state index contributed by atoms with van der Waals surface area (Å²) in [6, 6.07) is 10.7. The van der Waals surface area contributed by atoms with Crippen molar-refractivity contribution < 1.29 is 9.47 Å². The minimum atomic E-state index is -0.663. The van der Waals surface area contributed by atoms with Crippen LogP contribution in [0.2, 0.25) is 12.1 Å². The zero-order valence-electron chi connectivity index (χ0n) is 12.7. The standard InChI is InChI=1S/C18H25O2Si/c1-3-13-21(14-4-2)17-10-6-5-9-16(17)15-20-18-11-7-8-12-19-18/h3-6,9-10,18H,1-2,7-8,11-15H2. The van der Waals surface area contributed by atoms with Crippen LogP contribution >= 0.6 is 0 Å². The molecule has 0 spiro atoms. The van der Waals surface area contributed by atoms with Crippen LogP contribution in [0.3, 0.4) is 0 Å². The number of hydrogen-bond acceptors (Lipinski definition) is 2. The zero-order chi connectivity index (χ0) is 14.9. The van der Waals surface area contributed by atoms with Crippen LogP contribution in [0.4, 0.5) is 0 Å². The third-order valence-corrected chi connectivity index (χ3v) is 6.55. The molecule has 1 aliphatic heterocycles. The van der Waals surface area contributed by atoms with Gasteiger partial charge in [-0.25, -0.2) is 0 Å². The second-order valence-corrected chi connectivity index (χ2v) is 7.92. The van der Waals surface area contributed by atoms with Crippen molar-refractivity contribution in [1.29, 1.82) is 0 Å². The summed E-state index contributed by atoms with van der Waals surface area (Å²) < 4.78 is 11.6. The normalized spacial score (nSPS) is 18.6. The highest BCUT2D eigenvalue weighted by atomic mass is 28.3. The maximum atomic E-state index is 5.96. The molecule has 0 amide bonds. The first-order chi connectivity index (χ1) is 10.3. The molecule has 0 N–H and O–H groups in total. The Labute approximate surface area is 130 Å². The maximum absolute atomic E-state index is 5.96. The molecule has 2 rings (SSSR count). The fourth-order valence-electron chi connectivity index (χ4n) is 2.67. The molecule has 113 valence electrons. The fraction of sp³-hybridized carbons (Fsp3) is 0.444. The zero-order valence-corrected chi connectivity index (χ0v) is 13.7. The average molecular weight is 301 g/mol. The monoisotopic (exact) mass is 301 g/mol. The summed E-state index contributed by atoms with van der Waals surface area (Å²) in [6.07, 6.45) is 7.40. The fourth-order valence-corrected chi connectivity index (χ4v) is 4.91. The molecule has 1 saturated heterocycles. The summed E-state index contributed by atoms with van der Waals surface area (Å²) in [5.74, 6) is 0. The van der Waals surface area contributed by atoms with Crippen LogP contribution in [0.5, 0.6) is 0 Å². The number of hydrogen-bond donors (Lipinski definition) is 0. The van der Waals surface area contributed by atoms with Crippen LogP contribution in [-0.2, 0) is 16.1 Å². The lowest BCUT2D eigenvalue weighted by Gasteiger charge is -2.24. The molecule has 0 aliphatic carbocycles. The van der Waals surface area contributed by atoms with Crippen LogP contribution in [-0.4, -0.2) is 21.7 Å². The number of allylic oxidation sites excluding steroid dienone is 2. The van der Waals surface area contributed by atoms with Gasteiger partial charge in [-0.05, 0) is 36.9 Å². The van der Waals surface area contributed by atoms with Gasteiger partial charge in [0.15, 0.2) is 6.29 Å². The first kappa shape index (κ1) is 16.2. The summed E-state index contributed by atoms with van der Waals surface area (Å²) in [4.78, 5) is 0. The SMILES string of the molecule is C=CC[Si](CC=C)c1ccccc1COC1CCCCO1. The van der Waals surface area contributed by atoms with E-state index in [-0.39, 0.29) is 6.29 Å². The van der Waals surface area contributed by atoms with Crippen molar-refractivity contribution in [2.45, 2.75) is 44.2 Å². The van der Waals surface area contributed by atoms with E-state index in [4.69, 9.17) is 9.47 Å². The average Bonchev–Trinajstić information content (AvgIpc) is 2.54. The second-order valence-electron chi connectivity index (χ2n) is 5.35. The van der Waals surface area contributed by atoms with Crippen LogP contribution in [0, 0.1) is 0 Å². The lowest BCUT2D eigenvalue weighted by Crippen LogP contribution is -2.33. The molecular formula is C18H25O2Si. The van der Waals surface area contributed by atoms with Crippen molar-refractivity contribution in [2.24, 2.45) is 0 Å². The van der Waals surface area contributed by atoms with Crippen molar-refractivity contribution in [3.8, 4) is 0 Å². The van der Waals surface area contributed by atoms with E-state index in [0.717, 1.165) is 31.5 Å². The molecule has 3 heteroatoms. The van der Waals surface area contributed by atoms with E-state index in [1.807, 2.05) is 12.2 Å². The number of benzene rings is 1. The van der Waals surface area contributed by atoms with Crippen molar-refractivity contribution in [3.63, 3.8) is 0 Å². The molecule has 1 unspecified atom stereocenters. The second kappa shape index (κ2) is 8.98. The number of ether oxygens (including phenoxy) is 2. The van der Waals surface area contributed by atoms with Crippen LogP contribution in [0.15, 0.2) is 49.6 Å². The highest BCUT2D eigenvalue weighted by molar-refractivity contribution is 6.74. The smallest absolute Gasteiger partial charge is 0.158 e. The van der Waals surface area contributed by atoms with Gasteiger partial charge in [-0.1, -0.05) is 41.6 Å². The molecule has 1 aromatic carbocycles. The molecule has 1 aromatic rings. The molecular weight excluding hydrogens is 276 g/mol. The van der Waals surface area contributed by atoms with Gasteiger partial charge in [-0.2, -0.15) is 0 Å². The Morgan fingerprint density at radius 3 is 2.62 bits per heavy atom. The molecule has 21 heavy (non-hydrogen) atoms. The van der Waals surface area contributed by atoms with Crippen molar-refractivity contribution in [2.75, 3.05) is 6.61 Å². The van der Waals surface area contributed by atoms with Gasteiger partial charge in [0, 0.05) is 6.61 Å². The van der Waals surface area contributed by atoms with E-state index in [1.165, 1.54) is 17.2 Å². The molecule has 0 saturated carbocycles. The lowest BCUT2D eigenvalue weighted by atomic mass is 10.2. The van der Waals surface area contributed by atoms with Crippen molar-refractivity contribution in [3.05, 3.63) is 55.1 Å². The van der Waals surface area contributed by atoms with Crippen LogP contribution < -0.4 is 5.19 Å². The van der Waals surface area contributed by atoms with Gasteiger partial charge in [0.05, 0.1) is 15.4 Å². The van der Waals surface area contributed by atoms with Gasteiger partial charge in [-0.15, -0.1) is 13.2 Å². The van der Waals surface area contributed by atoms with E-state index < -0.39 is 8.80 Å². The largest absolute Gasteiger partial charge is 0.353 e. The number of rotatable bonds is 8. The quantitative estimate of drug-likeness (QED) is 0.537. The Balaban J connectivity index is 2.03. The van der Waals surface area contributed by atoms with Gasteiger partial charge in [0.2, 0.25) is 0 Å². The molecule has 0 bridgehead atoms. The summed E-state index contributed by atoms with van der Waals surface area (Å²) in [7, 11) is -0.663. The summed E-state index contributed by atoms with van der Waals surface area (Å²) in [5.41, 5.74) is 1.30. The van der Waals surface area contributed by atoms with E-state index in [2.05, 4.69) is 37.4 Å². The minimum Gasteiger partial charge on any atom is -0.353 e. The van der Waals surface area contributed by atoms with Gasteiger partial charge in [0.1, 0.15) is 0 Å². The molecule has 1 fully saturated rings. The van der Waals surface area contributed by atoms with Gasteiger partial charge in [0.25, 0.3) is 0 Å². The van der Waals surface area contributed by atoms with E-state index in [9.17, 15) is 0 Å². The maximum Gasteiger partial charge on any atom is 0.158 e. The molecule has 1 heterocycles. The minimum absolute atomic E-state index is 0.0266. The van der Waals surface area contributed by atoms with Crippen LogP contribution in [0.25, 0.3) is 0 Å². The third kappa shape index (κ3) is 4.95. The van der Waals surface area contributed by atoms with Crippen molar-refractivity contribution in [1.82, 2.24) is 0 Å². The Morgan fingerprint density at radius 2 is 1.95 bits per heavy atom. The Hall–Kier alpha value is -1.16. The van der Waals surface area contributed by atoms with Gasteiger partial charge in [-0.3, -0.25) is 0 Å². The van der Waals surface area contributed by atoms with E-state index >= 15 is 0 Å². The molecule has 2 nitrogen and oxygen atoms in total. The Kier molecular flexibility index (Phi) is 6.93. The third-order valence-electron chi connectivity index (χ3n) is 3.74. The Bertz CT molecular complexity index is 442. The predicted octanol–water partition coefficient (Wildman–Crippen LogP) is 3.80. The van der Waals surface area contributed by atoms with E-state index in [1.54, 1.807) is 0 Å². The van der Waals surface area contributed by atoms with Crippen molar-refractivity contribution >= 4 is 14.0 Å². The molecule has 0 aromatic heterocycles. The highest BCUT2D eigenvalue weighted by Crippen LogP contribution is 2.16. The lowest BCUT2D eigenvalue weighted by molar-refractivity contribution is -0.168. The van der Waals surface area contributed by atoms with Gasteiger partial charge < -0.3 is 9.47 Å². The summed E-state index contributed by atoms with van der Waals surface area (Å²) in [6.45, 7) is 9.26.